The molecule has 1 saturated carbocycles. The number of hydrogen-bond donors (Lipinski definition) is 1. The van der Waals surface area contributed by atoms with Crippen LogP contribution in [0.3, 0.4) is 0 Å². The highest BCUT2D eigenvalue weighted by Crippen LogP contribution is 2.23. The maximum absolute atomic E-state index is 12.9. The Morgan fingerprint density at radius 1 is 1.29 bits per heavy atom. The molecule has 0 saturated heterocycles. The first-order valence-corrected chi connectivity index (χ1v) is 5.67. The van der Waals surface area contributed by atoms with Crippen molar-refractivity contribution in [2.75, 3.05) is 0 Å². The van der Waals surface area contributed by atoms with Crippen molar-refractivity contribution in [3.05, 3.63) is 34.3 Å². The van der Waals surface area contributed by atoms with E-state index in [9.17, 15) is 4.39 Å². The summed E-state index contributed by atoms with van der Waals surface area (Å²) < 4.78 is 14.0. The van der Waals surface area contributed by atoms with E-state index in [0.717, 1.165) is 23.9 Å². The van der Waals surface area contributed by atoms with E-state index in [2.05, 4.69) is 21.2 Å². The van der Waals surface area contributed by atoms with Crippen LogP contribution < -0.4 is 5.32 Å². The molecule has 1 fully saturated rings. The lowest BCUT2D eigenvalue weighted by molar-refractivity contribution is 0.141. The summed E-state index contributed by atoms with van der Waals surface area (Å²) in [5.74, 6) is 0. The van der Waals surface area contributed by atoms with Crippen LogP contribution in [0.15, 0.2) is 28.7 Å². The zero-order valence-electron chi connectivity index (χ0n) is 7.84. The van der Waals surface area contributed by atoms with Gasteiger partial charge in [-0.3, -0.25) is 0 Å². The predicted molar refractivity (Wildman–Crippen MR) is 58.9 cm³/mol. The number of halogens is 2. The topological polar surface area (TPSA) is 12.0 Å². The number of alkyl halides is 1. The van der Waals surface area contributed by atoms with Crippen LogP contribution in [0.4, 0.5) is 4.39 Å². The molecule has 1 aromatic carbocycles. The van der Waals surface area contributed by atoms with Crippen LogP contribution >= 0.6 is 15.9 Å². The van der Waals surface area contributed by atoms with Crippen molar-refractivity contribution >= 4 is 15.9 Å². The highest BCUT2D eigenvalue weighted by molar-refractivity contribution is 9.10. The van der Waals surface area contributed by atoms with Gasteiger partial charge in [0.2, 0.25) is 0 Å². The van der Waals surface area contributed by atoms with Crippen molar-refractivity contribution < 1.29 is 4.39 Å². The SMILES string of the molecule is FC1CCC1NCc1ccc(Br)cc1. The molecule has 0 spiro atoms. The molecule has 2 atom stereocenters. The molecule has 1 nitrogen and oxygen atoms in total. The van der Waals surface area contributed by atoms with E-state index in [0.29, 0.717) is 0 Å². The molecule has 2 rings (SSSR count). The Morgan fingerprint density at radius 2 is 2.00 bits per heavy atom. The third-order valence-corrected chi connectivity index (χ3v) is 3.20. The lowest BCUT2D eigenvalue weighted by atomic mass is 9.90. The maximum atomic E-state index is 12.9. The molecular formula is C11H13BrFN. The van der Waals surface area contributed by atoms with E-state index in [-0.39, 0.29) is 6.04 Å². The largest absolute Gasteiger partial charge is 0.307 e. The van der Waals surface area contributed by atoms with Crippen molar-refractivity contribution in [2.45, 2.75) is 31.6 Å². The van der Waals surface area contributed by atoms with Gasteiger partial charge in [-0.05, 0) is 30.5 Å². The average Bonchev–Trinajstić information content (AvgIpc) is 2.19. The van der Waals surface area contributed by atoms with Crippen LogP contribution in [0.1, 0.15) is 18.4 Å². The van der Waals surface area contributed by atoms with Crippen molar-refractivity contribution in [2.24, 2.45) is 0 Å². The summed E-state index contributed by atoms with van der Waals surface area (Å²) >= 11 is 3.38. The smallest absolute Gasteiger partial charge is 0.115 e. The first-order valence-electron chi connectivity index (χ1n) is 4.87. The van der Waals surface area contributed by atoms with Gasteiger partial charge in [0.25, 0.3) is 0 Å². The number of rotatable bonds is 3. The molecule has 0 radical (unpaired) electrons. The highest BCUT2D eigenvalue weighted by atomic mass is 79.9. The molecule has 14 heavy (non-hydrogen) atoms. The van der Waals surface area contributed by atoms with E-state index < -0.39 is 6.17 Å². The second kappa shape index (κ2) is 4.41. The minimum absolute atomic E-state index is 0.0821. The van der Waals surface area contributed by atoms with E-state index in [1.165, 1.54) is 5.56 Å². The van der Waals surface area contributed by atoms with Gasteiger partial charge in [0.1, 0.15) is 6.17 Å². The first-order chi connectivity index (χ1) is 6.75. The Bertz CT molecular complexity index is 299. The van der Waals surface area contributed by atoms with Crippen LogP contribution in [0.2, 0.25) is 0 Å². The van der Waals surface area contributed by atoms with Gasteiger partial charge in [-0.15, -0.1) is 0 Å². The second-order valence-corrected chi connectivity index (χ2v) is 4.62. The fraction of sp³-hybridized carbons (Fsp3) is 0.455. The Kier molecular flexibility index (Phi) is 3.19. The monoisotopic (exact) mass is 257 g/mol. The van der Waals surface area contributed by atoms with Crippen molar-refractivity contribution in [1.82, 2.24) is 5.32 Å². The highest BCUT2D eigenvalue weighted by Gasteiger charge is 2.29. The Morgan fingerprint density at radius 3 is 2.50 bits per heavy atom. The molecule has 3 heteroatoms. The molecule has 1 aliphatic carbocycles. The number of hydrogen-bond acceptors (Lipinski definition) is 1. The molecule has 0 heterocycles. The van der Waals surface area contributed by atoms with Gasteiger partial charge in [0, 0.05) is 17.1 Å². The van der Waals surface area contributed by atoms with Gasteiger partial charge in [0.05, 0.1) is 0 Å². The first kappa shape index (κ1) is 10.1. The molecule has 76 valence electrons. The maximum Gasteiger partial charge on any atom is 0.115 e. The molecule has 0 aromatic heterocycles. The van der Waals surface area contributed by atoms with E-state index in [1.54, 1.807) is 0 Å². The molecule has 0 aliphatic heterocycles. The van der Waals surface area contributed by atoms with Crippen LogP contribution in [-0.2, 0) is 6.54 Å². The molecule has 1 aromatic rings. The molecule has 0 amide bonds. The lowest BCUT2D eigenvalue weighted by Crippen LogP contribution is -2.44. The van der Waals surface area contributed by atoms with Crippen LogP contribution in [0.5, 0.6) is 0 Å². The third kappa shape index (κ3) is 2.34. The van der Waals surface area contributed by atoms with Crippen molar-refractivity contribution in [3.8, 4) is 0 Å². The van der Waals surface area contributed by atoms with Gasteiger partial charge in [-0.1, -0.05) is 28.1 Å². The number of nitrogens with one attached hydrogen (secondary N) is 1. The standard InChI is InChI=1S/C11H13BrFN/c12-9-3-1-8(2-4-9)7-14-11-6-5-10(11)13/h1-4,10-11,14H,5-7H2. The molecule has 0 bridgehead atoms. The summed E-state index contributed by atoms with van der Waals surface area (Å²) in [6.45, 7) is 0.762. The molecule has 1 aliphatic rings. The summed E-state index contributed by atoms with van der Waals surface area (Å²) in [5, 5.41) is 3.21. The zero-order valence-corrected chi connectivity index (χ0v) is 9.43. The van der Waals surface area contributed by atoms with Gasteiger partial charge in [-0.2, -0.15) is 0 Å². The Hall–Kier alpha value is -0.410. The summed E-state index contributed by atoms with van der Waals surface area (Å²) in [4.78, 5) is 0. The molecule has 2 unspecified atom stereocenters. The Balaban J connectivity index is 1.83. The van der Waals surface area contributed by atoms with Gasteiger partial charge in [0.15, 0.2) is 0 Å². The molecular weight excluding hydrogens is 245 g/mol. The van der Waals surface area contributed by atoms with Crippen LogP contribution in [-0.4, -0.2) is 12.2 Å². The van der Waals surface area contributed by atoms with Crippen LogP contribution in [0.25, 0.3) is 0 Å². The van der Waals surface area contributed by atoms with Gasteiger partial charge >= 0.3 is 0 Å². The van der Waals surface area contributed by atoms with Crippen LogP contribution in [0, 0.1) is 0 Å². The summed E-state index contributed by atoms with van der Waals surface area (Å²) in [5.41, 5.74) is 1.20. The quantitative estimate of drug-likeness (QED) is 0.878. The second-order valence-electron chi connectivity index (χ2n) is 3.71. The minimum Gasteiger partial charge on any atom is -0.307 e. The normalized spacial score (nSPS) is 25.9. The lowest BCUT2D eigenvalue weighted by Gasteiger charge is -2.31. The van der Waals surface area contributed by atoms with E-state index >= 15 is 0 Å². The van der Waals surface area contributed by atoms with Crippen molar-refractivity contribution in [3.63, 3.8) is 0 Å². The predicted octanol–water partition coefficient (Wildman–Crippen LogP) is 3.04. The summed E-state index contributed by atoms with van der Waals surface area (Å²) in [6, 6.07) is 8.18. The van der Waals surface area contributed by atoms with Crippen molar-refractivity contribution in [1.29, 1.82) is 0 Å². The van der Waals surface area contributed by atoms with Gasteiger partial charge in [-0.25, -0.2) is 4.39 Å². The van der Waals surface area contributed by atoms with E-state index in [4.69, 9.17) is 0 Å². The number of benzene rings is 1. The average molecular weight is 258 g/mol. The summed E-state index contributed by atoms with van der Waals surface area (Å²) in [6.07, 6.45) is 1.06. The molecule has 1 N–H and O–H groups in total. The third-order valence-electron chi connectivity index (χ3n) is 2.67. The fourth-order valence-electron chi connectivity index (χ4n) is 1.54. The summed E-state index contributed by atoms with van der Waals surface area (Å²) in [7, 11) is 0. The zero-order chi connectivity index (χ0) is 9.97. The van der Waals surface area contributed by atoms with Gasteiger partial charge < -0.3 is 5.32 Å². The fourth-order valence-corrected chi connectivity index (χ4v) is 1.80. The minimum atomic E-state index is -0.634. The Labute approximate surface area is 91.8 Å². The van der Waals surface area contributed by atoms with E-state index in [1.807, 2.05) is 24.3 Å².